The molecule has 160 valence electrons. The third kappa shape index (κ3) is 6.89. The van der Waals surface area contributed by atoms with E-state index in [1.807, 2.05) is 13.0 Å². The summed E-state index contributed by atoms with van der Waals surface area (Å²) in [6.07, 6.45) is 1.86. The van der Waals surface area contributed by atoms with Crippen molar-refractivity contribution < 1.29 is 22.6 Å². The third-order valence-corrected chi connectivity index (χ3v) is 6.23. The second-order valence-corrected chi connectivity index (χ2v) is 8.61. The van der Waals surface area contributed by atoms with Crippen LogP contribution in [-0.4, -0.2) is 41.9 Å². The molecule has 0 saturated carbocycles. The van der Waals surface area contributed by atoms with E-state index in [2.05, 4.69) is 4.72 Å². The van der Waals surface area contributed by atoms with E-state index in [-0.39, 0.29) is 11.0 Å². The van der Waals surface area contributed by atoms with Crippen LogP contribution >= 0.6 is 11.6 Å². The van der Waals surface area contributed by atoms with Gasteiger partial charge in [-0.1, -0.05) is 29.8 Å². The zero-order valence-electron chi connectivity index (χ0n) is 17.0. The standard InChI is InChI=1S/C21H28ClNO5S/c1-4-28-17(13-16-14-21(27-3)19(22)15-20(16)26-2)9-8-12-23-29(24,25)18-10-6-5-7-11-18/h5-7,10-11,14-15,17,23H,4,8-9,12-13H2,1-3H3. The Hall–Kier alpha value is -1.80. The summed E-state index contributed by atoms with van der Waals surface area (Å²) < 4.78 is 43.8. The SMILES string of the molecule is CCOC(CCCNS(=O)(=O)c1ccccc1)Cc1cc(OC)c(Cl)cc1OC. The Labute approximate surface area is 178 Å². The van der Waals surface area contributed by atoms with Gasteiger partial charge in [0, 0.05) is 31.2 Å². The van der Waals surface area contributed by atoms with Crippen LogP contribution in [0.1, 0.15) is 25.3 Å². The van der Waals surface area contributed by atoms with E-state index in [1.165, 1.54) is 0 Å². The van der Waals surface area contributed by atoms with Gasteiger partial charge in [0.25, 0.3) is 0 Å². The van der Waals surface area contributed by atoms with Gasteiger partial charge in [0.1, 0.15) is 11.5 Å². The van der Waals surface area contributed by atoms with E-state index in [0.29, 0.717) is 48.9 Å². The van der Waals surface area contributed by atoms with Crippen molar-refractivity contribution in [1.29, 1.82) is 0 Å². The predicted octanol–water partition coefficient (Wildman–Crippen LogP) is 4.06. The van der Waals surface area contributed by atoms with Crippen molar-refractivity contribution in [3.63, 3.8) is 0 Å². The van der Waals surface area contributed by atoms with E-state index >= 15 is 0 Å². The fraction of sp³-hybridized carbons (Fsp3) is 0.429. The molecule has 2 rings (SSSR count). The summed E-state index contributed by atoms with van der Waals surface area (Å²) in [5.74, 6) is 1.25. The lowest BCUT2D eigenvalue weighted by Gasteiger charge is -2.19. The molecule has 0 aromatic heterocycles. The highest BCUT2D eigenvalue weighted by molar-refractivity contribution is 7.89. The second-order valence-electron chi connectivity index (χ2n) is 6.43. The number of ether oxygens (including phenoxy) is 3. The summed E-state index contributed by atoms with van der Waals surface area (Å²) in [5.41, 5.74) is 0.928. The van der Waals surface area contributed by atoms with Crippen molar-refractivity contribution in [3.8, 4) is 11.5 Å². The zero-order valence-corrected chi connectivity index (χ0v) is 18.6. The lowest BCUT2D eigenvalue weighted by atomic mass is 10.0. The molecule has 0 aliphatic rings. The minimum atomic E-state index is -3.50. The number of halogens is 1. The molecule has 1 unspecified atom stereocenters. The van der Waals surface area contributed by atoms with Crippen LogP contribution in [0, 0.1) is 0 Å². The molecule has 0 aliphatic heterocycles. The van der Waals surface area contributed by atoms with Crippen molar-refractivity contribution in [2.75, 3.05) is 27.4 Å². The van der Waals surface area contributed by atoms with Crippen LogP contribution in [0.3, 0.4) is 0 Å². The van der Waals surface area contributed by atoms with Crippen molar-refractivity contribution in [3.05, 3.63) is 53.1 Å². The highest BCUT2D eigenvalue weighted by Gasteiger charge is 2.17. The van der Waals surface area contributed by atoms with E-state index in [0.717, 1.165) is 5.56 Å². The molecule has 0 bridgehead atoms. The highest BCUT2D eigenvalue weighted by Crippen LogP contribution is 2.33. The average Bonchev–Trinajstić information content (AvgIpc) is 2.72. The van der Waals surface area contributed by atoms with Gasteiger partial charge < -0.3 is 14.2 Å². The first kappa shape index (κ1) is 23.5. The summed E-state index contributed by atoms with van der Waals surface area (Å²) in [6, 6.07) is 11.9. The first-order valence-electron chi connectivity index (χ1n) is 9.48. The fourth-order valence-corrected chi connectivity index (χ4v) is 4.35. The third-order valence-electron chi connectivity index (χ3n) is 4.45. The summed E-state index contributed by atoms with van der Waals surface area (Å²) in [7, 11) is -0.337. The maximum absolute atomic E-state index is 12.3. The lowest BCUT2D eigenvalue weighted by Crippen LogP contribution is -2.26. The van der Waals surface area contributed by atoms with Gasteiger partial charge in [0.05, 0.1) is 30.2 Å². The van der Waals surface area contributed by atoms with Crippen LogP contribution in [0.2, 0.25) is 5.02 Å². The number of sulfonamides is 1. The molecule has 1 atom stereocenters. The molecule has 0 heterocycles. The normalized spacial score (nSPS) is 12.6. The van der Waals surface area contributed by atoms with Crippen molar-refractivity contribution in [2.24, 2.45) is 0 Å². The number of hydrogen-bond acceptors (Lipinski definition) is 5. The van der Waals surface area contributed by atoms with Gasteiger partial charge in [-0.15, -0.1) is 0 Å². The van der Waals surface area contributed by atoms with Gasteiger partial charge in [-0.3, -0.25) is 0 Å². The van der Waals surface area contributed by atoms with Crippen LogP contribution in [0.15, 0.2) is 47.4 Å². The average molecular weight is 442 g/mol. The monoisotopic (exact) mass is 441 g/mol. The van der Waals surface area contributed by atoms with Crippen LogP contribution in [0.4, 0.5) is 0 Å². The van der Waals surface area contributed by atoms with E-state index in [1.54, 1.807) is 50.6 Å². The highest BCUT2D eigenvalue weighted by atomic mass is 35.5. The molecule has 0 saturated heterocycles. The summed E-state index contributed by atoms with van der Waals surface area (Å²) in [5, 5.41) is 0.483. The second kappa shape index (κ2) is 11.4. The van der Waals surface area contributed by atoms with Crippen molar-refractivity contribution >= 4 is 21.6 Å². The predicted molar refractivity (Wildman–Crippen MR) is 115 cm³/mol. The first-order chi connectivity index (χ1) is 13.9. The lowest BCUT2D eigenvalue weighted by molar-refractivity contribution is 0.0556. The molecule has 2 aromatic carbocycles. The van der Waals surface area contributed by atoms with Gasteiger partial charge in [-0.2, -0.15) is 0 Å². The molecule has 0 spiro atoms. The van der Waals surface area contributed by atoms with Crippen LogP contribution in [0.5, 0.6) is 11.5 Å². The fourth-order valence-electron chi connectivity index (χ4n) is 3.03. The zero-order chi connectivity index (χ0) is 21.3. The van der Waals surface area contributed by atoms with E-state index < -0.39 is 10.0 Å². The Bertz CT molecular complexity index is 874. The maximum atomic E-state index is 12.3. The maximum Gasteiger partial charge on any atom is 0.240 e. The molecule has 29 heavy (non-hydrogen) atoms. The van der Waals surface area contributed by atoms with Crippen LogP contribution < -0.4 is 14.2 Å². The first-order valence-corrected chi connectivity index (χ1v) is 11.3. The summed E-state index contributed by atoms with van der Waals surface area (Å²) >= 11 is 6.17. The smallest absolute Gasteiger partial charge is 0.240 e. The molecule has 0 radical (unpaired) electrons. The van der Waals surface area contributed by atoms with Crippen LogP contribution in [-0.2, 0) is 21.2 Å². The molecular weight excluding hydrogens is 414 g/mol. The molecule has 1 N–H and O–H groups in total. The topological polar surface area (TPSA) is 73.9 Å². The Morgan fingerprint density at radius 1 is 1.07 bits per heavy atom. The molecule has 8 heteroatoms. The molecular formula is C21H28ClNO5S. The number of benzene rings is 2. The van der Waals surface area contributed by atoms with Gasteiger partial charge >= 0.3 is 0 Å². The Morgan fingerprint density at radius 3 is 2.38 bits per heavy atom. The van der Waals surface area contributed by atoms with Gasteiger partial charge in [-0.25, -0.2) is 13.1 Å². The van der Waals surface area contributed by atoms with Crippen molar-refractivity contribution in [2.45, 2.75) is 37.2 Å². The van der Waals surface area contributed by atoms with Gasteiger partial charge in [0.15, 0.2) is 0 Å². The Balaban J connectivity index is 1.97. The minimum absolute atomic E-state index is 0.0824. The van der Waals surface area contributed by atoms with Gasteiger partial charge in [0.2, 0.25) is 10.0 Å². The van der Waals surface area contributed by atoms with E-state index in [9.17, 15) is 8.42 Å². The number of hydrogen-bond donors (Lipinski definition) is 1. The van der Waals surface area contributed by atoms with Gasteiger partial charge in [-0.05, 0) is 38.0 Å². The molecule has 2 aromatic rings. The van der Waals surface area contributed by atoms with E-state index in [4.69, 9.17) is 25.8 Å². The number of rotatable bonds is 12. The Kier molecular flexibility index (Phi) is 9.23. The molecule has 0 fully saturated rings. The van der Waals surface area contributed by atoms with Crippen LogP contribution in [0.25, 0.3) is 0 Å². The quantitative estimate of drug-likeness (QED) is 0.503. The summed E-state index contributed by atoms with van der Waals surface area (Å²) in [6.45, 7) is 2.83. The van der Waals surface area contributed by atoms with Crippen molar-refractivity contribution in [1.82, 2.24) is 4.72 Å². The largest absolute Gasteiger partial charge is 0.496 e. The summed E-state index contributed by atoms with van der Waals surface area (Å²) in [4.78, 5) is 0.263. The number of nitrogens with one attached hydrogen (secondary N) is 1. The molecule has 6 nitrogen and oxygen atoms in total. The molecule has 0 aliphatic carbocycles. The minimum Gasteiger partial charge on any atom is -0.496 e. The number of methoxy groups -OCH3 is 2. The Morgan fingerprint density at radius 2 is 1.76 bits per heavy atom. The molecule has 0 amide bonds.